The van der Waals surface area contributed by atoms with Crippen molar-refractivity contribution in [3.8, 4) is 17.4 Å². The highest BCUT2D eigenvalue weighted by Gasteiger charge is 2.20. The summed E-state index contributed by atoms with van der Waals surface area (Å²) in [5.74, 6) is 0.289. The molecule has 5 rings (SSSR count). The van der Waals surface area contributed by atoms with Gasteiger partial charge in [-0.25, -0.2) is 9.37 Å². The zero-order chi connectivity index (χ0) is 24.4. The van der Waals surface area contributed by atoms with E-state index in [-0.39, 0.29) is 11.8 Å². The standard InChI is InChI=1S/C25H29FN8O/c1-3-35-25-30-22(27)21-24(31-25)34(23(29-21)19-12-20(26)14-28-13-19)16-18-6-4-17(5-7-18)15-33-10-8-32(2)9-11-33/h4-7,12-14H,3,8-11,15-16H2,1-2H3,(H2,27,30,31). The number of nitrogens with zero attached hydrogens (tertiary/aromatic N) is 7. The lowest BCUT2D eigenvalue weighted by molar-refractivity contribution is 0.148. The van der Waals surface area contributed by atoms with Gasteiger partial charge in [0.1, 0.15) is 11.6 Å². The number of aromatic nitrogens is 5. The Morgan fingerprint density at radius 2 is 1.69 bits per heavy atom. The number of ether oxygens (including phenoxy) is 1. The van der Waals surface area contributed by atoms with Crippen LogP contribution in [0.4, 0.5) is 10.2 Å². The normalized spacial score (nSPS) is 15.1. The lowest BCUT2D eigenvalue weighted by Crippen LogP contribution is -2.43. The molecule has 0 bridgehead atoms. The summed E-state index contributed by atoms with van der Waals surface area (Å²) in [7, 11) is 2.16. The molecule has 1 aliphatic heterocycles. The van der Waals surface area contributed by atoms with Crippen LogP contribution in [0.5, 0.6) is 6.01 Å². The molecule has 35 heavy (non-hydrogen) atoms. The van der Waals surface area contributed by atoms with Gasteiger partial charge >= 0.3 is 6.01 Å². The van der Waals surface area contributed by atoms with Crippen molar-refractivity contribution in [2.45, 2.75) is 20.0 Å². The van der Waals surface area contributed by atoms with Crippen LogP contribution in [0.15, 0.2) is 42.7 Å². The van der Waals surface area contributed by atoms with E-state index in [4.69, 9.17) is 10.5 Å². The number of fused-ring (bicyclic) bond motifs is 1. The van der Waals surface area contributed by atoms with Crippen molar-refractivity contribution in [1.29, 1.82) is 0 Å². The summed E-state index contributed by atoms with van der Waals surface area (Å²) in [5, 5.41) is 0. The van der Waals surface area contributed by atoms with Gasteiger partial charge in [0.2, 0.25) is 0 Å². The number of rotatable bonds is 7. The summed E-state index contributed by atoms with van der Waals surface area (Å²) >= 11 is 0. The van der Waals surface area contributed by atoms with E-state index in [9.17, 15) is 4.39 Å². The van der Waals surface area contributed by atoms with Crippen molar-refractivity contribution in [2.75, 3.05) is 45.6 Å². The maximum Gasteiger partial charge on any atom is 0.320 e. The van der Waals surface area contributed by atoms with Crippen LogP contribution in [-0.4, -0.2) is 74.1 Å². The van der Waals surface area contributed by atoms with Crippen molar-refractivity contribution in [3.05, 3.63) is 59.7 Å². The average Bonchev–Trinajstić information content (AvgIpc) is 3.21. The molecule has 10 heteroatoms. The fraction of sp³-hybridized carbons (Fsp3) is 0.360. The van der Waals surface area contributed by atoms with E-state index in [1.54, 1.807) is 6.20 Å². The second-order valence-electron chi connectivity index (χ2n) is 8.81. The van der Waals surface area contributed by atoms with E-state index in [1.165, 1.54) is 11.6 Å². The Morgan fingerprint density at radius 3 is 2.37 bits per heavy atom. The summed E-state index contributed by atoms with van der Waals surface area (Å²) < 4.78 is 21.4. The molecule has 4 heterocycles. The molecule has 0 radical (unpaired) electrons. The van der Waals surface area contributed by atoms with Crippen molar-refractivity contribution in [3.63, 3.8) is 0 Å². The maximum absolute atomic E-state index is 14.0. The highest BCUT2D eigenvalue weighted by molar-refractivity contribution is 5.85. The van der Waals surface area contributed by atoms with E-state index in [1.807, 2.05) is 11.5 Å². The number of halogens is 1. The van der Waals surface area contributed by atoms with Gasteiger partial charge in [0.15, 0.2) is 17.0 Å². The van der Waals surface area contributed by atoms with Crippen LogP contribution >= 0.6 is 0 Å². The summed E-state index contributed by atoms with van der Waals surface area (Å²) in [6.07, 6.45) is 2.74. The highest BCUT2D eigenvalue weighted by Crippen LogP contribution is 2.28. The van der Waals surface area contributed by atoms with Gasteiger partial charge in [-0.1, -0.05) is 24.3 Å². The fourth-order valence-corrected chi connectivity index (χ4v) is 4.30. The molecule has 1 aliphatic rings. The lowest BCUT2D eigenvalue weighted by atomic mass is 10.1. The van der Waals surface area contributed by atoms with Gasteiger partial charge in [-0.3, -0.25) is 9.88 Å². The van der Waals surface area contributed by atoms with Gasteiger partial charge < -0.3 is 19.9 Å². The van der Waals surface area contributed by atoms with Gasteiger partial charge in [-0.15, -0.1) is 0 Å². The number of benzene rings is 1. The smallest absolute Gasteiger partial charge is 0.320 e. The number of anilines is 1. The Bertz CT molecular complexity index is 1320. The third-order valence-corrected chi connectivity index (χ3v) is 6.20. The SMILES string of the molecule is CCOc1nc(N)c2nc(-c3cncc(F)c3)n(Cc3ccc(CN4CCN(C)CC4)cc3)c2n1. The molecule has 1 fully saturated rings. The van der Waals surface area contributed by atoms with Crippen molar-refractivity contribution in [2.24, 2.45) is 0 Å². The van der Waals surface area contributed by atoms with Crippen LogP contribution < -0.4 is 10.5 Å². The van der Waals surface area contributed by atoms with E-state index >= 15 is 0 Å². The fourth-order valence-electron chi connectivity index (χ4n) is 4.30. The zero-order valence-corrected chi connectivity index (χ0v) is 20.0. The van der Waals surface area contributed by atoms with Crippen LogP contribution in [0.25, 0.3) is 22.6 Å². The Morgan fingerprint density at radius 1 is 0.971 bits per heavy atom. The summed E-state index contributed by atoms with van der Waals surface area (Å²) in [5.41, 5.74) is 10.0. The predicted octanol–water partition coefficient (Wildman–Crippen LogP) is 2.80. The monoisotopic (exact) mass is 476 g/mol. The molecule has 0 atom stereocenters. The molecule has 182 valence electrons. The first-order chi connectivity index (χ1) is 17.0. The Kier molecular flexibility index (Phi) is 6.56. The van der Waals surface area contributed by atoms with Crippen LogP contribution in [0.3, 0.4) is 0 Å². The molecular weight excluding hydrogens is 447 g/mol. The number of piperazine rings is 1. The van der Waals surface area contributed by atoms with Crippen LogP contribution in [0.1, 0.15) is 18.1 Å². The predicted molar refractivity (Wildman–Crippen MR) is 132 cm³/mol. The molecule has 1 aromatic carbocycles. The number of nitrogens with two attached hydrogens (primary N) is 1. The number of nitrogen functional groups attached to an aromatic ring is 1. The molecule has 2 N–H and O–H groups in total. The van der Waals surface area contributed by atoms with Crippen LogP contribution in [0, 0.1) is 5.82 Å². The molecule has 0 aliphatic carbocycles. The molecule has 0 spiro atoms. The number of hydrogen-bond donors (Lipinski definition) is 1. The highest BCUT2D eigenvalue weighted by atomic mass is 19.1. The molecule has 0 saturated carbocycles. The van der Waals surface area contributed by atoms with Crippen LogP contribution in [-0.2, 0) is 13.1 Å². The average molecular weight is 477 g/mol. The minimum atomic E-state index is -0.441. The van der Waals surface area contributed by atoms with E-state index in [0.29, 0.717) is 35.7 Å². The van der Waals surface area contributed by atoms with E-state index in [2.05, 4.69) is 61.0 Å². The lowest BCUT2D eigenvalue weighted by Gasteiger charge is -2.32. The maximum atomic E-state index is 14.0. The number of pyridine rings is 1. The molecular formula is C25H29FN8O. The second-order valence-corrected chi connectivity index (χ2v) is 8.81. The second kappa shape index (κ2) is 9.93. The third-order valence-electron chi connectivity index (χ3n) is 6.20. The Balaban J connectivity index is 1.48. The van der Waals surface area contributed by atoms with Gasteiger partial charge in [-0.05, 0) is 31.2 Å². The topological polar surface area (TPSA) is 98.2 Å². The molecule has 0 unspecified atom stereocenters. The van der Waals surface area contributed by atoms with Crippen molar-refractivity contribution < 1.29 is 9.13 Å². The summed E-state index contributed by atoms with van der Waals surface area (Å²) in [6.45, 7) is 8.02. The van der Waals surface area contributed by atoms with Crippen LogP contribution in [0.2, 0.25) is 0 Å². The van der Waals surface area contributed by atoms with E-state index < -0.39 is 5.82 Å². The Hall–Kier alpha value is -3.63. The largest absolute Gasteiger partial charge is 0.464 e. The van der Waals surface area contributed by atoms with Gasteiger partial charge in [0.25, 0.3) is 0 Å². The zero-order valence-electron chi connectivity index (χ0n) is 20.0. The summed E-state index contributed by atoms with van der Waals surface area (Å²) in [4.78, 5) is 22.2. The molecule has 3 aromatic heterocycles. The quantitative estimate of drug-likeness (QED) is 0.435. The molecule has 0 amide bonds. The van der Waals surface area contributed by atoms with E-state index in [0.717, 1.165) is 44.5 Å². The minimum Gasteiger partial charge on any atom is -0.464 e. The van der Waals surface area contributed by atoms with Gasteiger partial charge in [-0.2, -0.15) is 9.97 Å². The molecule has 4 aromatic rings. The first-order valence-corrected chi connectivity index (χ1v) is 11.8. The Labute approximate surface area is 203 Å². The van der Waals surface area contributed by atoms with Gasteiger partial charge in [0, 0.05) is 44.5 Å². The first-order valence-electron chi connectivity index (χ1n) is 11.8. The molecule has 1 saturated heterocycles. The van der Waals surface area contributed by atoms with Gasteiger partial charge in [0.05, 0.1) is 19.3 Å². The minimum absolute atomic E-state index is 0.185. The number of likely N-dealkylation sites (N-methyl/N-ethyl adjacent to an activating group) is 1. The number of imidazole rings is 1. The third kappa shape index (κ3) is 5.08. The molecule has 9 nitrogen and oxygen atoms in total. The number of hydrogen-bond acceptors (Lipinski definition) is 8. The van der Waals surface area contributed by atoms with Crippen molar-refractivity contribution >= 4 is 17.0 Å². The summed E-state index contributed by atoms with van der Waals surface area (Å²) in [6, 6.07) is 10.1. The van der Waals surface area contributed by atoms with Crippen molar-refractivity contribution in [1.82, 2.24) is 34.3 Å². The first kappa shape index (κ1) is 23.1.